The van der Waals surface area contributed by atoms with Gasteiger partial charge in [0.1, 0.15) is 5.52 Å². The Morgan fingerprint density at radius 2 is 1.61 bits per heavy atom. The fourth-order valence-electron chi connectivity index (χ4n) is 3.49. The van der Waals surface area contributed by atoms with Crippen molar-refractivity contribution in [1.82, 2.24) is 19.7 Å². The number of para-hydroxylation sites is 1. The molecule has 0 aliphatic heterocycles. The number of benzene rings is 3. The van der Waals surface area contributed by atoms with Crippen LogP contribution in [0.15, 0.2) is 71.9 Å². The molecule has 31 heavy (non-hydrogen) atoms. The summed E-state index contributed by atoms with van der Waals surface area (Å²) >= 11 is 20.2. The van der Waals surface area contributed by atoms with Crippen molar-refractivity contribution >= 4 is 68.6 Å². The molecule has 4 nitrogen and oxygen atoms in total. The van der Waals surface area contributed by atoms with Crippen LogP contribution >= 0.6 is 46.6 Å². The second-order valence-electron chi connectivity index (χ2n) is 6.99. The van der Waals surface area contributed by atoms with Crippen LogP contribution in [0.2, 0.25) is 15.1 Å². The van der Waals surface area contributed by atoms with Crippen molar-refractivity contribution in [3.05, 3.63) is 92.9 Å². The van der Waals surface area contributed by atoms with Gasteiger partial charge in [0.2, 0.25) is 5.16 Å². The number of halogens is 3. The normalized spacial score (nSPS) is 11.5. The summed E-state index contributed by atoms with van der Waals surface area (Å²) < 4.78 is 2.14. The summed E-state index contributed by atoms with van der Waals surface area (Å²) in [7, 11) is 0. The van der Waals surface area contributed by atoms with Crippen molar-refractivity contribution in [3.63, 3.8) is 0 Å². The molecule has 5 rings (SSSR count). The molecule has 0 aliphatic rings. The Labute approximate surface area is 198 Å². The van der Waals surface area contributed by atoms with E-state index < -0.39 is 0 Å². The lowest BCUT2D eigenvalue weighted by Crippen LogP contribution is -2.03. The van der Waals surface area contributed by atoms with E-state index in [9.17, 15) is 0 Å². The van der Waals surface area contributed by atoms with E-state index in [4.69, 9.17) is 39.8 Å². The maximum atomic E-state index is 6.43. The molecule has 0 amide bonds. The van der Waals surface area contributed by atoms with Crippen LogP contribution in [0.4, 0.5) is 0 Å². The summed E-state index contributed by atoms with van der Waals surface area (Å²) in [6.07, 6.45) is 0. The smallest absolute Gasteiger partial charge is 0.211 e. The van der Waals surface area contributed by atoms with Gasteiger partial charge in [-0.05, 0) is 35.4 Å². The number of rotatable bonds is 5. The van der Waals surface area contributed by atoms with E-state index in [0.29, 0.717) is 27.5 Å². The fourth-order valence-corrected chi connectivity index (χ4v) is 5.02. The summed E-state index contributed by atoms with van der Waals surface area (Å²) in [5, 5.41) is 12.4. The lowest BCUT2D eigenvalue weighted by molar-refractivity contribution is 0.814. The van der Waals surface area contributed by atoms with E-state index in [1.165, 1.54) is 11.8 Å². The minimum atomic E-state index is 0.585. The van der Waals surface area contributed by atoms with E-state index >= 15 is 0 Å². The quantitative estimate of drug-likeness (QED) is 0.245. The maximum absolute atomic E-state index is 6.43. The van der Waals surface area contributed by atoms with Gasteiger partial charge in [-0.3, -0.25) is 0 Å². The third-order valence-corrected chi connectivity index (χ3v) is 6.85. The first-order valence-electron chi connectivity index (χ1n) is 9.52. The van der Waals surface area contributed by atoms with Gasteiger partial charge < -0.3 is 4.57 Å². The molecule has 154 valence electrons. The van der Waals surface area contributed by atoms with Crippen molar-refractivity contribution in [2.75, 3.05) is 0 Å². The second kappa shape index (κ2) is 8.67. The minimum Gasteiger partial charge on any atom is -0.319 e. The highest BCUT2D eigenvalue weighted by atomic mass is 35.5. The van der Waals surface area contributed by atoms with Crippen molar-refractivity contribution in [3.8, 4) is 0 Å². The number of hydrogen-bond acceptors (Lipinski definition) is 4. The van der Waals surface area contributed by atoms with Gasteiger partial charge >= 0.3 is 0 Å². The van der Waals surface area contributed by atoms with Crippen LogP contribution in [0, 0.1) is 0 Å². The van der Waals surface area contributed by atoms with Gasteiger partial charge in [0.15, 0.2) is 5.65 Å². The summed E-state index contributed by atoms with van der Waals surface area (Å²) in [6.45, 7) is 0.593. The standard InChI is InChI=1S/C23H15Cl3N4S/c24-16-10-9-15(19(26)11-16)13-31-23-27-22-21(28-29-23)17-6-2-4-8-20(17)30(22)12-14-5-1-3-7-18(14)25/h1-11H,12-13H2. The monoisotopic (exact) mass is 484 g/mol. The van der Waals surface area contributed by atoms with E-state index in [1.807, 2.05) is 54.6 Å². The Morgan fingerprint density at radius 3 is 2.45 bits per heavy atom. The third-order valence-electron chi connectivity index (χ3n) is 5.01. The summed E-state index contributed by atoms with van der Waals surface area (Å²) in [5.41, 5.74) is 4.59. The number of nitrogens with zero attached hydrogens (tertiary/aromatic N) is 4. The molecule has 5 aromatic rings. The number of hydrogen-bond donors (Lipinski definition) is 0. The lowest BCUT2D eigenvalue weighted by atomic mass is 10.2. The van der Waals surface area contributed by atoms with Crippen LogP contribution < -0.4 is 0 Å². The van der Waals surface area contributed by atoms with Gasteiger partial charge in [0.05, 0.1) is 12.1 Å². The van der Waals surface area contributed by atoms with E-state index in [1.54, 1.807) is 6.07 Å². The average Bonchev–Trinajstić information content (AvgIpc) is 3.08. The summed E-state index contributed by atoms with van der Waals surface area (Å²) in [6, 6.07) is 21.4. The molecule has 0 saturated heterocycles. The number of fused-ring (bicyclic) bond motifs is 3. The Morgan fingerprint density at radius 1 is 0.806 bits per heavy atom. The topological polar surface area (TPSA) is 43.6 Å². The molecule has 0 atom stereocenters. The van der Waals surface area contributed by atoms with Crippen LogP contribution in [0.25, 0.3) is 22.1 Å². The van der Waals surface area contributed by atoms with Crippen LogP contribution in [-0.4, -0.2) is 19.7 Å². The van der Waals surface area contributed by atoms with Crippen molar-refractivity contribution in [2.24, 2.45) is 0 Å². The van der Waals surface area contributed by atoms with Crippen LogP contribution in [-0.2, 0) is 12.3 Å². The SMILES string of the molecule is Clc1ccc(CSc2nnc3c4ccccc4n(Cc4ccccc4Cl)c3n2)c(Cl)c1. The van der Waals surface area contributed by atoms with Gasteiger partial charge in [-0.1, -0.05) is 89.0 Å². The first kappa shape index (κ1) is 20.6. The van der Waals surface area contributed by atoms with Crippen molar-refractivity contribution in [2.45, 2.75) is 17.5 Å². The van der Waals surface area contributed by atoms with Crippen molar-refractivity contribution in [1.29, 1.82) is 0 Å². The molecule has 0 bridgehead atoms. The van der Waals surface area contributed by atoms with Gasteiger partial charge in [-0.2, -0.15) is 0 Å². The zero-order chi connectivity index (χ0) is 21.4. The molecule has 0 unspecified atom stereocenters. The average molecular weight is 486 g/mol. The predicted octanol–water partition coefficient (Wildman–Crippen LogP) is 7.28. The molecule has 0 radical (unpaired) electrons. The first-order valence-corrected chi connectivity index (χ1v) is 11.6. The molecule has 0 spiro atoms. The highest BCUT2D eigenvalue weighted by Gasteiger charge is 2.16. The van der Waals surface area contributed by atoms with Crippen molar-refractivity contribution < 1.29 is 0 Å². The molecule has 2 heterocycles. The Balaban J connectivity index is 1.55. The molecule has 0 fully saturated rings. The number of aromatic nitrogens is 4. The lowest BCUT2D eigenvalue weighted by Gasteiger charge is -2.09. The fraction of sp³-hybridized carbons (Fsp3) is 0.0870. The van der Waals surface area contributed by atoms with Gasteiger partial charge in [-0.15, -0.1) is 10.2 Å². The third kappa shape index (κ3) is 4.11. The molecular weight excluding hydrogens is 471 g/mol. The summed E-state index contributed by atoms with van der Waals surface area (Å²) in [4.78, 5) is 4.84. The zero-order valence-electron chi connectivity index (χ0n) is 16.1. The first-order chi connectivity index (χ1) is 15.1. The van der Waals surface area contributed by atoms with E-state index in [0.717, 1.165) is 38.2 Å². The molecular formula is C23H15Cl3N4S. The molecule has 8 heteroatoms. The maximum Gasteiger partial charge on any atom is 0.211 e. The van der Waals surface area contributed by atoms with E-state index in [2.05, 4.69) is 20.8 Å². The molecule has 0 N–H and O–H groups in total. The predicted molar refractivity (Wildman–Crippen MR) is 129 cm³/mol. The Kier molecular flexibility index (Phi) is 5.76. The van der Waals surface area contributed by atoms with Crippen LogP contribution in [0.3, 0.4) is 0 Å². The van der Waals surface area contributed by atoms with Crippen LogP contribution in [0.1, 0.15) is 11.1 Å². The summed E-state index contributed by atoms with van der Waals surface area (Å²) in [5.74, 6) is 0.619. The van der Waals surface area contributed by atoms with E-state index in [-0.39, 0.29) is 0 Å². The van der Waals surface area contributed by atoms with Gasteiger partial charge in [0, 0.05) is 26.2 Å². The number of thioether (sulfide) groups is 1. The largest absolute Gasteiger partial charge is 0.319 e. The second-order valence-corrected chi connectivity index (χ2v) is 9.18. The molecule has 3 aromatic carbocycles. The van der Waals surface area contributed by atoms with Gasteiger partial charge in [0.25, 0.3) is 0 Å². The minimum absolute atomic E-state index is 0.585. The van der Waals surface area contributed by atoms with Crippen LogP contribution in [0.5, 0.6) is 0 Å². The molecule has 0 aliphatic carbocycles. The Bertz CT molecular complexity index is 1420. The van der Waals surface area contributed by atoms with Gasteiger partial charge in [-0.25, -0.2) is 4.98 Å². The molecule has 2 aromatic heterocycles. The Hall–Kier alpha value is -2.31. The molecule has 0 saturated carbocycles. The highest BCUT2D eigenvalue weighted by Crippen LogP contribution is 2.31. The zero-order valence-corrected chi connectivity index (χ0v) is 19.2. The highest BCUT2D eigenvalue weighted by molar-refractivity contribution is 7.98.